The number of ether oxygens (including phenoxy) is 1. The van der Waals surface area contributed by atoms with Crippen LogP contribution in [0.15, 0.2) is 12.4 Å². The van der Waals surface area contributed by atoms with Crippen molar-refractivity contribution in [1.29, 1.82) is 0 Å². The molecule has 2 saturated heterocycles. The second kappa shape index (κ2) is 3.96. The second-order valence-corrected chi connectivity index (χ2v) is 4.46. The van der Waals surface area contributed by atoms with Crippen LogP contribution in [0.2, 0.25) is 0 Å². The number of aromatic carboxylic acids is 1. The fraction of sp³-hybridized carbons (Fsp3) is 0.545. The van der Waals surface area contributed by atoms with E-state index in [9.17, 15) is 4.79 Å². The molecule has 2 bridgehead atoms. The number of nitrogens with one attached hydrogen (secondary N) is 1. The average molecular weight is 235 g/mol. The van der Waals surface area contributed by atoms with Crippen molar-refractivity contribution >= 4 is 11.8 Å². The molecule has 0 aromatic carbocycles. The number of carbonyl (C=O) groups is 1. The summed E-state index contributed by atoms with van der Waals surface area (Å²) in [6, 6.07) is 0.229. The fourth-order valence-corrected chi connectivity index (χ4v) is 2.52. The SMILES string of the molecule is O=C(O)c1cncc(NC2CC3CCC2O3)n1. The lowest BCUT2D eigenvalue weighted by molar-refractivity contribution is 0.0690. The predicted molar refractivity (Wildman–Crippen MR) is 58.9 cm³/mol. The summed E-state index contributed by atoms with van der Waals surface area (Å²) in [6.45, 7) is 0. The van der Waals surface area contributed by atoms with Crippen molar-refractivity contribution in [3.05, 3.63) is 18.1 Å². The Morgan fingerprint density at radius 1 is 1.47 bits per heavy atom. The summed E-state index contributed by atoms with van der Waals surface area (Å²) in [5.41, 5.74) is -0.0425. The third kappa shape index (κ3) is 1.95. The molecule has 0 spiro atoms. The van der Waals surface area contributed by atoms with E-state index in [-0.39, 0.29) is 17.8 Å². The van der Waals surface area contributed by atoms with Gasteiger partial charge in [0.05, 0.1) is 30.6 Å². The van der Waals surface area contributed by atoms with Crippen molar-refractivity contribution in [3.8, 4) is 0 Å². The average Bonchev–Trinajstić information content (AvgIpc) is 2.91. The largest absolute Gasteiger partial charge is 0.476 e. The van der Waals surface area contributed by atoms with Gasteiger partial charge in [-0.2, -0.15) is 0 Å². The van der Waals surface area contributed by atoms with Gasteiger partial charge in [-0.05, 0) is 19.3 Å². The second-order valence-electron chi connectivity index (χ2n) is 4.46. The van der Waals surface area contributed by atoms with Crippen molar-refractivity contribution in [1.82, 2.24) is 9.97 Å². The van der Waals surface area contributed by atoms with Crippen LogP contribution >= 0.6 is 0 Å². The van der Waals surface area contributed by atoms with Gasteiger partial charge in [0, 0.05) is 0 Å². The maximum Gasteiger partial charge on any atom is 0.356 e. The summed E-state index contributed by atoms with van der Waals surface area (Å²) in [5, 5.41) is 12.0. The fourth-order valence-electron chi connectivity index (χ4n) is 2.52. The molecule has 3 unspecified atom stereocenters. The molecule has 6 heteroatoms. The quantitative estimate of drug-likeness (QED) is 0.810. The van der Waals surface area contributed by atoms with Gasteiger partial charge in [-0.25, -0.2) is 9.78 Å². The zero-order valence-corrected chi connectivity index (χ0v) is 9.17. The highest BCUT2D eigenvalue weighted by Gasteiger charge is 2.40. The van der Waals surface area contributed by atoms with Crippen molar-refractivity contribution in [3.63, 3.8) is 0 Å². The van der Waals surface area contributed by atoms with Crippen LogP contribution in [-0.2, 0) is 4.74 Å². The number of hydrogen-bond acceptors (Lipinski definition) is 5. The van der Waals surface area contributed by atoms with E-state index in [1.165, 1.54) is 6.20 Å². The highest BCUT2D eigenvalue weighted by molar-refractivity contribution is 5.85. The molecule has 2 aliphatic heterocycles. The summed E-state index contributed by atoms with van der Waals surface area (Å²) in [5.74, 6) is -0.559. The third-order valence-corrected chi connectivity index (χ3v) is 3.29. The first-order valence-corrected chi connectivity index (χ1v) is 5.70. The molecule has 3 atom stereocenters. The summed E-state index contributed by atoms with van der Waals surface area (Å²) in [6.07, 6.45) is 6.52. The number of nitrogens with zero attached hydrogens (tertiary/aromatic N) is 2. The van der Waals surface area contributed by atoms with Gasteiger partial charge in [-0.1, -0.05) is 0 Å². The van der Waals surface area contributed by atoms with E-state index in [1.807, 2.05) is 0 Å². The molecule has 0 saturated carbocycles. The zero-order valence-electron chi connectivity index (χ0n) is 9.17. The molecule has 0 amide bonds. The van der Waals surface area contributed by atoms with Gasteiger partial charge in [0.1, 0.15) is 5.82 Å². The molecular weight excluding hydrogens is 222 g/mol. The Morgan fingerprint density at radius 3 is 3.00 bits per heavy atom. The number of anilines is 1. The number of rotatable bonds is 3. The minimum Gasteiger partial charge on any atom is -0.476 e. The van der Waals surface area contributed by atoms with Gasteiger partial charge in [-0.15, -0.1) is 0 Å². The van der Waals surface area contributed by atoms with Gasteiger partial charge in [0.25, 0.3) is 0 Å². The minimum absolute atomic E-state index is 0.0425. The first-order valence-electron chi connectivity index (χ1n) is 5.70. The van der Waals surface area contributed by atoms with Gasteiger partial charge in [0.2, 0.25) is 0 Å². The van der Waals surface area contributed by atoms with E-state index in [4.69, 9.17) is 9.84 Å². The smallest absolute Gasteiger partial charge is 0.356 e. The van der Waals surface area contributed by atoms with Crippen molar-refractivity contribution in [2.24, 2.45) is 0 Å². The monoisotopic (exact) mass is 235 g/mol. The van der Waals surface area contributed by atoms with E-state index in [0.717, 1.165) is 19.3 Å². The molecule has 0 radical (unpaired) electrons. The van der Waals surface area contributed by atoms with Gasteiger partial charge in [0.15, 0.2) is 5.69 Å². The summed E-state index contributed by atoms with van der Waals surface area (Å²) in [4.78, 5) is 18.6. The molecule has 6 nitrogen and oxygen atoms in total. The van der Waals surface area contributed by atoms with E-state index < -0.39 is 5.97 Å². The molecule has 3 rings (SSSR count). The van der Waals surface area contributed by atoms with Crippen LogP contribution in [0, 0.1) is 0 Å². The predicted octanol–water partition coefficient (Wildman–Crippen LogP) is 0.907. The van der Waals surface area contributed by atoms with Crippen LogP contribution in [-0.4, -0.2) is 39.3 Å². The van der Waals surface area contributed by atoms with Crippen LogP contribution in [0.4, 0.5) is 5.82 Å². The first-order chi connectivity index (χ1) is 8.22. The molecule has 2 fully saturated rings. The Labute approximate surface area is 98.0 Å². The molecule has 3 heterocycles. The Morgan fingerprint density at radius 2 is 2.35 bits per heavy atom. The summed E-state index contributed by atoms with van der Waals surface area (Å²) >= 11 is 0. The van der Waals surface area contributed by atoms with Crippen LogP contribution < -0.4 is 5.32 Å². The van der Waals surface area contributed by atoms with E-state index in [0.29, 0.717) is 11.9 Å². The van der Waals surface area contributed by atoms with Crippen LogP contribution in [0.1, 0.15) is 29.8 Å². The molecule has 0 aliphatic carbocycles. The Kier molecular flexibility index (Phi) is 2.44. The van der Waals surface area contributed by atoms with Crippen molar-refractivity contribution in [2.45, 2.75) is 37.5 Å². The Balaban J connectivity index is 1.73. The third-order valence-electron chi connectivity index (χ3n) is 3.29. The normalized spacial score (nSPS) is 30.5. The van der Waals surface area contributed by atoms with E-state index in [1.54, 1.807) is 6.20 Å². The van der Waals surface area contributed by atoms with Gasteiger partial charge < -0.3 is 15.2 Å². The van der Waals surface area contributed by atoms with Gasteiger partial charge in [-0.3, -0.25) is 4.98 Å². The summed E-state index contributed by atoms with van der Waals surface area (Å²) in [7, 11) is 0. The number of hydrogen-bond donors (Lipinski definition) is 2. The lowest BCUT2D eigenvalue weighted by Crippen LogP contribution is -2.31. The molecule has 1 aromatic heterocycles. The maximum absolute atomic E-state index is 10.8. The molecular formula is C11H13N3O3. The number of aromatic nitrogens is 2. The molecule has 90 valence electrons. The maximum atomic E-state index is 10.8. The van der Waals surface area contributed by atoms with Crippen LogP contribution in [0.25, 0.3) is 0 Å². The zero-order chi connectivity index (χ0) is 11.8. The highest BCUT2D eigenvalue weighted by atomic mass is 16.5. The lowest BCUT2D eigenvalue weighted by atomic mass is 9.95. The highest BCUT2D eigenvalue weighted by Crippen LogP contribution is 2.35. The number of carboxylic acids is 1. The Hall–Kier alpha value is -1.69. The standard InChI is InChI=1S/C11H13N3O3/c15-11(16)8-4-12-5-10(14-8)13-7-3-6-1-2-9(7)17-6/h4-7,9H,1-3H2,(H,13,14)(H,15,16). The lowest BCUT2D eigenvalue weighted by Gasteiger charge is -2.20. The van der Waals surface area contributed by atoms with Crippen LogP contribution in [0.3, 0.4) is 0 Å². The van der Waals surface area contributed by atoms with Crippen LogP contribution in [0.5, 0.6) is 0 Å². The number of fused-ring (bicyclic) bond motifs is 2. The topological polar surface area (TPSA) is 84.3 Å². The van der Waals surface area contributed by atoms with Crippen molar-refractivity contribution in [2.75, 3.05) is 5.32 Å². The van der Waals surface area contributed by atoms with Crippen molar-refractivity contribution < 1.29 is 14.6 Å². The van der Waals surface area contributed by atoms with E-state index in [2.05, 4.69) is 15.3 Å². The van der Waals surface area contributed by atoms with Gasteiger partial charge >= 0.3 is 5.97 Å². The molecule has 2 aliphatic rings. The number of carboxylic acid groups (broad SMARTS) is 1. The first kappa shape index (κ1) is 10.5. The molecule has 1 aromatic rings. The molecule has 2 N–H and O–H groups in total. The Bertz CT molecular complexity index is 451. The summed E-state index contributed by atoms with van der Waals surface area (Å²) < 4.78 is 5.71. The minimum atomic E-state index is -1.06. The molecule has 17 heavy (non-hydrogen) atoms. The van der Waals surface area contributed by atoms with E-state index >= 15 is 0 Å².